The number of amides is 3. The molecule has 11 nitrogen and oxygen atoms in total. The molecule has 0 rings (SSSR count). The average molecular weight is 418 g/mol. The van der Waals surface area contributed by atoms with Crippen molar-refractivity contribution in [3.63, 3.8) is 0 Å². The number of aliphatic hydroxyl groups excluding tert-OH is 2. The van der Waals surface area contributed by atoms with E-state index in [0.717, 1.165) is 0 Å². The molecule has 0 aliphatic carbocycles. The van der Waals surface area contributed by atoms with Crippen LogP contribution in [0.4, 0.5) is 0 Å². The van der Waals surface area contributed by atoms with E-state index in [2.05, 4.69) is 16.0 Å². The van der Waals surface area contributed by atoms with E-state index in [-0.39, 0.29) is 11.8 Å². The highest BCUT2D eigenvalue weighted by Gasteiger charge is 2.34. The van der Waals surface area contributed by atoms with Crippen LogP contribution in [0.3, 0.4) is 0 Å². The van der Waals surface area contributed by atoms with Gasteiger partial charge in [-0.05, 0) is 18.8 Å². The molecule has 8 N–H and O–H groups in total. The average Bonchev–Trinajstić information content (AvgIpc) is 2.65. The lowest BCUT2D eigenvalue weighted by Crippen LogP contribution is -2.60. The fourth-order valence-corrected chi connectivity index (χ4v) is 2.45. The molecule has 168 valence electrons. The van der Waals surface area contributed by atoms with Gasteiger partial charge in [-0.2, -0.15) is 0 Å². The predicted octanol–water partition coefficient (Wildman–Crippen LogP) is -2.07. The molecule has 11 heteroatoms. The van der Waals surface area contributed by atoms with Gasteiger partial charge in [0.1, 0.15) is 18.1 Å². The van der Waals surface area contributed by atoms with Crippen LogP contribution in [0.5, 0.6) is 0 Å². The molecule has 6 unspecified atom stereocenters. The van der Waals surface area contributed by atoms with Crippen LogP contribution in [-0.2, 0) is 19.2 Å². The molecule has 0 aliphatic rings. The van der Waals surface area contributed by atoms with Crippen molar-refractivity contribution >= 4 is 23.7 Å². The van der Waals surface area contributed by atoms with Crippen molar-refractivity contribution in [3.05, 3.63) is 0 Å². The summed E-state index contributed by atoms with van der Waals surface area (Å²) >= 11 is 0. The summed E-state index contributed by atoms with van der Waals surface area (Å²) < 4.78 is 0. The Bertz CT molecular complexity index is 583. The molecule has 0 spiro atoms. The highest BCUT2D eigenvalue weighted by Crippen LogP contribution is 2.11. The maximum Gasteiger partial charge on any atom is 0.328 e. The zero-order valence-electron chi connectivity index (χ0n) is 17.5. The van der Waals surface area contributed by atoms with Gasteiger partial charge in [0, 0.05) is 0 Å². The molecule has 3 amide bonds. The van der Waals surface area contributed by atoms with Gasteiger partial charge in [-0.25, -0.2) is 4.79 Å². The van der Waals surface area contributed by atoms with E-state index in [1.807, 2.05) is 0 Å². The number of rotatable bonds is 12. The van der Waals surface area contributed by atoms with Crippen LogP contribution < -0.4 is 21.7 Å². The number of aliphatic carboxylic acids is 1. The number of carbonyl (C=O) groups is 4. The number of hydrogen-bond acceptors (Lipinski definition) is 7. The van der Waals surface area contributed by atoms with Gasteiger partial charge in [0.2, 0.25) is 17.7 Å². The van der Waals surface area contributed by atoms with Crippen molar-refractivity contribution in [2.45, 2.75) is 71.3 Å². The van der Waals surface area contributed by atoms with Crippen molar-refractivity contribution in [2.24, 2.45) is 17.6 Å². The van der Waals surface area contributed by atoms with Gasteiger partial charge in [-0.1, -0.05) is 34.1 Å². The number of nitrogens with two attached hydrogens (primary N) is 1. The van der Waals surface area contributed by atoms with Crippen LogP contribution in [0.2, 0.25) is 0 Å². The van der Waals surface area contributed by atoms with E-state index in [4.69, 9.17) is 15.9 Å². The topological polar surface area (TPSA) is 191 Å². The van der Waals surface area contributed by atoms with Crippen molar-refractivity contribution in [2.75, 3.05) is 6.61 Å². The Hall–Kier alpha value is -2.24. The zero-order valence-corrected chi connectivity index (χ0v) is 17.5. The first-order valence-corrected chi connectivity index (χ1v) is 9.55. The second-order valence-corrected chi connectivity index (χ2v) is 7.46. The molecule has 0 aromatic rings. The Balaban J connectivity index is 5.46. The van der Waals surface area contributed by atoms with E-state index in [1.54, 1.807) is 27.7 Å². The molecule has 0 fully saturated rings. The molecule has 6 atom stereocenters. The summed E-state index contributed by atoms with van der Waals surface area (Å²) in [6.07, 6.45) is -0.841. The Morgan fingerprint density at radius 1 is 0.862 bits per heavy atom. The van der Waals surface area contributed by atoms with Gasteiger partial charge in [0.05, 0.1) is 12.7 Å². The first-order chi connectivity index (χ1) is 13.4. The monoisotopic (exact) mass is 418 g/mol. The third-order valence-electron chi connectivity index (χ3n) is 4.62. The lowest BCUT2D eigenvalue weighted by atomic mass is 9.96. The largest absolute Gasteiger partial charge is 0.480 e. The second kappa shape index (κ2) is 12.3. The van der Waals surface area contributed by atoms with Crippen LogP contribution >= 0.6 is 0 Å². The van der Waals surface area contributed by atoms with Gasteiger partial charge in [0.25, 0.3) is 0 Å². The van der Waals surface area contributed by atoms with Crippen molar-refractivity contribution < 1.29 is 34.5 Å². The molecule has 0 aromatic carbocycles. The van der Waals surface area contributed by atoms with Gasteiger partial charge in [0.15, 0.2) is 6.04 Å². The number of aliphatic hydroxyl groups is 2. The summed E-state index contributed by atoms with van der Waals surface area (Å²) in [7, 11) is 0. The Morgan fingerprint density at radius 2 is 1.31 bits per heavy atom. The maximum absolute atomic E-state index is 12.7. The smallest absolute Gasteiger partial charge is 0.328 e. The molecule has 0 aromatic heterocycles. The lowest BCUT2D eigenvalue weighted by molar-refractivity contribution is -0.145. The third kappa shape index (κ3) is 8.34. The van der Waals surface area contributed by atoms with E-state index in [0.29, 0.717) is 6.42 Å². The lowest BCUT2D eigenvalue weighted by Gasteiger charge is -2.29. The van der Waals surface area contributed by atoms with Crippen LogP contribution in [-0.4, -0.2) is 75.9 Å². The van der Waals surface area contributed by atoms with E-state index < -0.39 is 60.6 Å². The van der Waals surface area contributed by atoms with Gasteiger partial charge in [-0.15, -0.1) is 0 Å². The number of nitrogens with one attached hydrogen (secondary N) is 3. The molecule has 0 bridgehead atoms. The first-order valence-electron chi connectivity index (χ1n) is 9.55. The molecule has 0 radical (unpaired) electrons. The van der Waals surface area contributed by atoms with Crippen molar-refractivity contribution in [1.82, 2.24) is 16.0 Å². The molecule has 0 heterocycles. The Kier molecular flexibility index (Phi) is 11.4. The fraction of sp³-hybridized carbons (Fsp3) is 0.778. The standard InChI is InChI=1S/C18H34N4O7/c1-6-9(4)13(17(27)22-14(10(5)24)18(28)29)21-16(26)12(8(2)3)20-15(25)11(19)7-23/h8-14,23-24H,6-7,19H2,1-5H3,(H,20,25)(H,21,26)(H,22,27)(H,28,29). The normalized spacial score (nSPS) is 17.4. The molecule has 0 saturated heterocycles. The molecule has 0 saturated carbocycles. The summed E-state index contributed by atoms with van der Waals surface area (Å²) in [5.41, 5.74) is 5.46. The Morgan fingerprint density at radius 3 is 1.69 bits per heavy atom. The third-order valence-corrected chi connectivity index (χ3v) is 4.62. The van der Waals surface area contributed by atoms with E-state index in [9.17, 15) is 24.3 Å². The summed E-state index contributed by atoms with van der Waals surface area (Å²) in [5.74, 6) is -4.25. The van der Waals surface area contributed by atoms with Gasteiger partial charge >= 0.3 is 5.97 Å². The minimum Gasteiger partial charge on any atom is -0.480 e. The summed E-state index contributed by atoms with van der Waals surface area (Å²) in [5, 5.41) is 34.9. The van der Waals surface area contributed by atoms with Crippen molar-refractivity contribution in [3.8, 4) is 0 Å². The van der Waals surface area contributed by atoms with Crippen LogP contribution in [0.15, 0.2) is 0 Å². The van der Waals surface area contributed by atoms with Crippen LogP contribution in [0.25, 0.3) is 0 Å². The van der Waals surface area contributed by atoms with Gasteiger partial charge in [-0.3, -0.25) is 14.4 Å². The number of carboxylic acid groups (broad SMARTS) is 1. The molecular weight excluding hydrogens is 384 g/mol. The van der Waals surface area contributed by atoms with Crippen LogP contribution in [0.1, 0.15) is 41.0 Å². The zero-order chi connectivity index (χ0) is 22.9. The second-order valence-electron chi connectivity index (χ2n) is 7.46. The molecular formula is C18H34N4O7. The highest BCUT2D eigenvalue weighted by atomic mass is 16.4. The van der Waals surface area contributed by atoms with Crippen molar-refractivity contribution in [1.29, 1.82) is 0 Å². The summed E-state index contributed by atoms with van der Waals surface area (Å²) in [4.78, 5) is 48.6. The summed E-state index contributed by atoms with van der Waals surface area (Å²) in [6, 6.07) is -4.83. The quantitative estimate of drug-likeness (QED) is 0.188. The number of hydrogen-bond donors (Lipinski definition) is 7. The molecule has 29 heavy (non-hydrogen) atoms. The number of carboxylic acids is 1. The van der Waals surface area contributed by atoms with Gasteiger partial charge < -0.3 is 37.0 Å². The first kappa shape index (κ1) is 26.8. The Labute approximate surface area is 170 Å². The fourth-order valence-electron chi connectivity index (χ4n) is 2.45. The minimum atomic E-state index is -1.53. The highest BCUT2D eigenvalue weighted by molar-refractivity contribution is 5.94. The van der Waals surface area contributed by atoms with E-state index in [1.165, 1.54) is 6.92 Å². The predicted molar refractivity (Wildman–Crippen MR) is 104 cm³/mol. The maximum atomic E-state index is 12.7. The number of carbonyl (C=O) groups excluding carboxylic acids is 3. The van der Waals surface area contributed by atoms with Crippen LogP contribution in [0, 0.1) is 11.8 Å². The summed E-state index contributed by atoms with van der Waals surface area (Å²) in [6.45, 7) is 7.49. The van der Waals surface area contributed by atoms with E-state index >= 15 is 0 Å². The SMILES string of the molecule is CCC(C)C(NC(=O)C(NC(=O)C(N)CO)C(C)C)C(=O)NC(C(=O)O)C(C)O. The minimum absolute atomic E-state index is 0.352. The molecule has 0 aliphatic heterocycles.